The topological polar surface area (TPSA) is 39.6 Å². The summed E-state index contributed by atoms with van der Waals surface area (Å²) in [6.07, 6.45) is 2.12. The van der Waals surface area contributed by atoms with Gasteiger partial charge in [0.2, 0.25) is 5.96 Å². The van der Waals surface area contributed by atoms with E-state index in [1.807, 2.05) is 29.2 Å². The van der Waals surface area contributed by atoms with Crippen LogP contribution in [0.25, 0.3) is 0 Å². The Morgan fingerprint density at radius 1 is 1.35 bits per heavy atom. The Hall–Kier alpha value is -1.26. The molecule has 92 valence electrons. The van der Waals surface area contributed by atoms with Crippen molar-refractivity contribution in [3.63, 3.8) is 0 Å². The summed E-state index contributed by atoms with van der Waals surface area (Å²) >= 11 is 5.84. The van der Waals surface area contributed by atoms with Crippen LogP contribution in [0.2, 0.25) is 5.02 Å². The fourth-order valence-corrected chi connectivity index (χ4v) is 1.80. The molecule has 1 heterocycles. The standard InChI is InChI=1S/C12H16ClN3O/c1-2-3-8-16-12(14)15(9-17-16)11-6-4-10(13)5-7-11/h4-7,14H,2-3,8-9H2,1H3. The molecule has 1 fully saturated rings. The third-order valence-corrected chi connectivity index (χ3v) is 2.94. The first-order valence-corrected chi connectivity index (χ1v) is 6.12. The lowest BCUT2D eigenvalue weighted by atomic mass is 10.3. The molecule has 1 aliphatic rings. The third-order valence-electron chi connectivity index (χ3n) is 2.69. The maximum absolute atomic E-state index is 8.03. The Labute approximate surface area is 106 Å². The van der Waals surface area contributed by atoms with E-state index >= 15 is 0 Å². The maximum Gasteiger partial charge on any atom is 0.224 e. The third kappa shape index (κ3) is 2.70. The summed E-state index contributed by atoms with van der Waals surface area (Å²) in [6, 6.07) is 7.42. The Morgan fingerprint density at radius 2 is 2.06 bits per heavy atom. The summed E-state index contributed by atoms with van der Waals surface area (Å²) in [6.45, 7) is 3.28. The number of hydroxylamine groups is 2. The highest BCUT2D eigenvalue weighted by Gasteiger charge is 2.26. The largest absolute Gasteiger partial charge is 0.284 e. The Balaban J connectivity index is 2.04. The summed E-state index contributed by atoms with van der Waals surface area (Å²) < 4.78 is 0. The molecule has 1 aromatic carbocycles. The molecule has 0 aliphatic carbocycles. The first-order chi connectivity index (χ1) is 8.22. The van der Waals surface area contributed by atoms with E-state index in [1.54, 1.807) is 5.06 Å². The van der Waals surface area contributed by atoms with Crippen LogP contribution >= 0.6 is 11.6 Å². The highest BCUT2D eigenvalue weighted by atomic mass is 35.5. The van der Waals surface area contributed by atoms with Crippen molar-refractivity contribution >= 4 is 23.2 Å². The second kappa shape index (κ2) is 5.38. The fraction of sp³-hybridized carbons (Fsp3) is 0.417. The molecule has 0 unspecified atom stereocenters. The van der Waals surface area contributed by atoms with Gasteiger partial charge in [0.05, 0.1) is 0 Å². The second-order valence-corrected chi connectivity index (χ2v) is 4.38. The minimum Gasteiger partial charge on any atom is -0.284 e. The quantitative estimate of drug-likeness (QED) is 0.896. The van der Waals surface area contributed by atoms with Crippen molar-refractivity contribution in [1.82, 2.24) is 5.06 Å². The van der Waals surface area contributed by atoms with Crippen molar-refractivity contribution in [2.75, 3.05) is 18.2 Å². The number of nitrogens with one attached hydrogen (secondary N) is 1. The molecular formula is C12H16ClN3O. The van der Waals surface area contributed by atoms with Crippen LogP contribution in [-0.2, 0) is 4.84 Å². The number of halogens is 1. The first-order valence-electron chi connectivity index (χ1n) is 5.74. The molecular weight excluding hydrogens is 238 g/mol. The van der Waals surface area contributed by atoms with Crippen molar-refractivity contribution in [3.05, 3.63) is 29.3 Å². The summed E-state index contributed by atoms with van der Waals surface area (Å²) in [4.78, 5) is 7.28. The SMILES string of the molecule is CCCCN1OCN(c2ccc(Cl)cc2)C1=N. The van der Waals surface area contributed by atoms with Crippen LogP contribution in [0.5, 0.6) is 0 Å². The number of anilines is 1. The van der Waals surface area contributed by atoms with E-state index in [2.05, 4.69) is 6.92 Å². The molecule has 1 saturated heterocycles. The van der Waals surface area contributed by atoms with Crippen LogP contribution < -0.4 is 4.90 Å². The molecule has 5 heteroatoms. The molecule has 1 N–H and O–H groups in total. The number of hydrogen-bond donors (Lipinski definition) is 1. The van der Waals surface area contributed by atoms with Gasteiger partial charge in [0.15, 0.2) is 6.73 Å². The average molecular weight is 254 g/mol. The normalized spacial score (nSPS) is 15.8. The lowest BCUT2D eigenvalue weighted by Crippen LogP contribution is -2.32. The molecule has 0 aromatic heterocycles. The molecule has 1 aliphatic heterocycles. The van der Waals surface area contributed by atoms with Crippen LogP contribution in [0.15, 0.2) is 24.3 Å². The molecule has 0 atom stereocenters. The van der Waals surface area contributed by atoms with E-state index in [9.17, 15) is 0 Å². The van der Waals surface area contributed by atoms with Gasteiger partial charge in [-0.1, -0.05) is 24.9 Å². The van der Waals surface area contributed by atoms with Gasteiger partial charge in [-0.2, -0.15) is 0 Å². The fourth-order valence-electron chi connectivity index (χ4n) is 1.67. The molecule has 1 aromatic rings. The van der Waals surface area contributed by atoms with Crippen LogP contribution in [-0.4, -0.2) is 24.3 Å². The zero-order valence-corrected chi connectivity index (χ0v) is 10.6. The van der Waals surface area contributed by atoms with E-state index in [1.165, 1.54) is 0 Å². The number of rotatable bonds is 4. The predicted molar refractivity (Wildman–Crippen MR) is 69.2 cm³/mol. The van der Waals surface area contributed by atoms with Crippen LogP contribution in [0, 0.1) is 5.41 Å². The minimum atomic E-state index is 0.390. The molecule has 0 saturated carbocycles. The van der Waals surface area contributed by atoms with Gasteiger partial charge in [-0.15, -0.1) is 0 Å². The number of nitrogens with zero attached hydrogens (tertiary/aromatic N) is 2. The Bertz CT molecular complexity index is 393. The van der Waals surface area contributed by atoms with Gasteiger partial charge < -0.3 is 0 Å². The molecule has 0 amide bonds. The zero-order valence-electron chi connectivity index (χ0n) is 9.82. The highest BCUT2D eigenvalue weighted by molar-refractivity contribution is 6.30. The summed E-state index contributed by atoms with van der Waals surface area (Å²) in [5.41, 5.74) is 0.929. The number of hydrogen-bond acceptors (Lipinski definition) is 2. The summed E-state index contributed by atoms with van der Waals surface area (Å²) in [5, 5.41) is 10.4. The monoisotopic (exact) mass is 253 g/mol. The Morgan fingerprint density at radius 3 is 2.71 bits per heavy atom. The van der Waals surface area contributed by atoms with Crippen LogP contribution in [0.1, 0.15) is 19.8 Å². The highest BCUT2D eigenvalue weighted by Crippen LogP contribution is 2.22. The molecule has 4 nitrogen and oxygen atoms in total. The van der Waals surface area contributed by atoms with Crippen LogP contribution in [0.4, 0.5) is 5.69 Å². The van der Waals surface area contributed by atoms with Crippen molar-refractivity contribution in [2.45, 2.75) is 19.8 Å². The van der Waals surface area contributed by atoms with E-state index in [0.29, 0.717) is 17.7 Å². The Kier molecular flexibility index (Phi) is 3.86. The second-order valence-electron chi connectivity index (χ2n) is 3.94. The predicted octanol–water partition coefficient (Wildman–Crippen LogP) is 3.09. The summed E-state index contributed by atoms with van der Waals surface area (Å²) in [5.74, 6) is 0.390. The molecule has 0 spiro atoms. The molecule has 2 rings (SSSR count). The number of unbranched alkanes of at least 4 members (excludes halogenated alkanes) is 1. The summed E-state index contributed by atoms with van der Waals surface area (Å²) in [7, 11) is 0. The van der Waals surface area contributed by atoms with Gasteiger partial charge >= 0.3 is 0 Å². The van der Waals surface area contributed by atoms with Crippen molar-refractivity contribution in [2.24, 2.45) is 0 Å². The van der Waals surface area contributed by atoms with Gasteiger partial charge in [0.1, 0.15) is 0 Å². The van der Waals surface area contributed by atoms with Gasteiger partial charge in [-0.05, 0) is 30.7 Å². The molecule has 0 radical (unpaired) electrons. The molecule has 17 heavy (non-hydrogen) atoms. The van der Waals surface area contributed by atoms with Gasteiger partial charge in [-0.25, -0.2) is 9.90 Å². The van der Waals surface area contributed by atoms with Gasteiger partial charge in [-0.3, -0.25) is 10.3 Å². The lowest BCUT2D eigenvalue weighted by molar-refractivity contribution is -0.0700. The maximum atomic E-state index is 8.03. The van der Waals surface area contributed by atoms with Crippen molar-refractivity contribution in [1.29, 1.82) is 5.41 Å². The van der Waals surface area contributed by atoms with E-state index in [0.717, 1.165) is 25.1 Å². The zero-order chi connectivity index (χ0) is 12.3. The van der Waals surface area contributed by atoms with Crippen molar-refractivity contribution in [3.8, 4) is 0 Å². The van der Waals surface area contributed by atoms with Crippen LogP contribution in [0.3, 0.4) is 0 Å². The minimum absolute atomic E-state index is 0.390. The average Bonchev–Trinajstić information content (AvgIpc) is 2.69. The lowest BCUT2D eigenvalue weighted by Gasteiger charge is -2.18. The first kappa shape index (κ1) is 12.2. The smallest absolute Gasteiger partial charge is 0.224 e. The van der Waals surface area contributed by atoms with Gasteiger partial charge in [0, 0.05) is 17.3 Å². The van der Waals surface area contributed by atoms with Crippen molar-refractivity contribution < 1.29 is 4.84 Å². The number of benzene rings is 1. The molecule has 0 bridgehead atoms. The number of guanidine groups is 1. The van der Waals surface area contributed by atoms with Gasteiger partial charge in [0.25, 0.3) is 0 Å². The van der Waals surface area contributed by atoms with E-state index in [-0.39, 0.29) is 0 Å². The van der Waals surface area contributed by atoms with E-state index in [4.69, 9.17) is 21.8 Å². The van der Waals surface area contributed by atoms with E-state index < -0.39 is 0 Å².